The molecule has 0 spiro atoms. The number of methoxy groups -OCH3 is 1. The third kappa shape index (κ3) is 5.03. The lowest BCUT2D eigenvalue weighted by molar-refractivity contribution is -0.139. The molecule has 0 aliphatic rings. The van der Waals surface area contributed by atoms with E-state index in [-0.39, 0.29) is 18.2 Å². The molecule has 0 aromatic carbocycles. The summed E-state index contributed by atoms with van der Waals surface area (Å²) in [4.78, 5) is 20.7. The van der Waals surface area contributed by atoms with Gasteiger partial charge in [0.1, 0.15) is 0 Å². The monoisotopic (exact) mass is 142 g/mol. The largest absolute Gasteiger partial charge is 0.469 e. The van der Waals surface area contributed by atoms with Crippen molar-refractivity contribution < 1.29 is 14.3 Å². The Bertz CT molecular complexity index is 158. The van der Waals surface area contributed by atoms with Crippen molar-refractivity contribution in [3.63, 3.8) is 0 Å². The number of allylic oxidation sites excluding steroid dienone is 1. The van der Waals surface area contributed by atoms with E-state index in [9.17, 15) is 9.59 Å². The van der Waals surface area contributed by atoms with Gasteiger partial charge in [-0.1, -0.05) is 6.08 Å². The fourth-order valence-corrected chi connectivity index (χ4v) is 0.404. The van der Waals surface area contributed by atoms with E-state index in [1.54, 1.807) is 0 Å². The summed E-state index contributed by atoms with van der Waals surface area (Å²) in [7, 11) is 1.31. The molecular formula is C7H10O3. The van der Waals surface area contributed by atoms with E-state index in [1.165, 1.54) is 26.2 Å². The van der Waals surface area contributed by atoms with Gasteiger partial charge in [-0.2, -0.15) is 0 Å². The van der Waals surface area contributed by atoms with Crippen molar-refractivity contribution in [1.29, 1.82) is 0 Å². The number of esters is 1. The molecule has 10 heavy (non-hydrogen) atoms. The normalized spacial score (nSPS) is 9.80. The molecule has 0 saturated carbocycles. The van der Waals surface area contributed by atoms with Gasteiger partial charge in [0.15, 0.2) is 5.78 Å². The summed E-state index contributed by atoms with van der Waals surface area (Å²) in [6.07, 6.45) is 2.99. The molecule has 0 aromatic heterocycles. The van der Waals surface area contributed by atoms with E-state index in [2.05, 4.69) is 4.74 Å². The van der Waals surface area contributed by atoms with Crippen LogP contribution in [0.5, 0.6) is 0 Å². The average molecular weight is 142 g/mol. The number of hydrogen-bond acceptors (Lipinski definition) is 3. The molecule has 0 radical (unpaired) electrons. The molecule has 0 heterocycles. The molecule has 0 amide bonds. The van der Waals surface area contributed by atoms with Crippen LogP contribution in [0.15, 0.2) is 12.2 Å². The Morgan fingerprint density at radius 3 is 2.50 bits per heavy atom. The third-order valence-corrected chi connectivity index (χ3v) is 0.865. The van der Waals surface area contributed by atoms with E-state index in [0.717, 1.165) is 0 Å². The molecule has 0 unspecified atom stereocenters. The number of ketones is 1. The molecule has 3 nitrogen and oxygen atoms in total. The van der Waals surface area contributed by atoms with Crippen molar-refractivity contribution >= 4 is 11.8 Å². The van der Waals surface area contributed by atoms with Gasteiger partial charge in [-0.3, -0.25) is 9.59 Å². The number of rotatable bonds is 3. The molecule has 0 rings (SSSR count). The minimum absolute atomic E-state index is 0.0658. The molecule has 0 atom stereocenters. The van der Waals surface area contributed by atoms with Gasteiger partial charge in [0, 0.05) is 0 Å². The van der Waals surface area contributed by atoms with Crippen molar-refractivity contribution in [2.45, 2.75) is 13.3 Å². The highest BCUT2D eigenvalue weighted by atomic mass is 16.5. The van der Waals surface area contributed by atoms with Crippen LogP contribution in [0.2, 0.25) is 0 Å². The second-order valence-corrected chi connectivity index (χ2v) is 1.79. The Labute approximate surface area is 59.7 Å². The van der Waals surface area contributed by atoms with Gasteiger partial charge in [0.05, 0.1) is 13.5 Å². The number of carbonyl (C=O) groups excluding carboxylic acids is 2. The predicted octanol–water partition coefficient (Wildman–Crippen LogP) is 0.695. The van der Waals surface area contributed by atoms with Crippen LogP contribution >= 0.6 is 0 Å². The van der Waals surface area contributed by atoms with Crippen LogP contribution in [-0.4, -0.2) is 18.9 Å². The summed E-state index contributed by atoms with van der Waals surface area (Å²) in [6.45, 7) is 1.42. The topological polar surface area (TPSA) is 43.4 Å². The van der Waals surface area contributed by atoms with Crippen molar-refractivity contribution in [2.75, 3.05) is 7.11 Å². The van der Waals surface area contributed by atoms with Crippen LogP contribution in [0, 0.1) is 0 Å². The van der Waals surface area contributed by atoms with E-state index in [4.69, 9.17) is 0 Å². The summed E-state index contributed by atoms with van der Waals surface area (Å²) in [6, 6.07) is 0. The second kappa shape index (κ2) is 4.73. The Balaban J connectivity index is 3.53. The minimum Gasteiger partial charge on any atom is -0.469 e. The Kier molecular flexibility index (Phi) is 4.20. The SMILES string of the molecule is COC(=O)C/C=C/C(C)=O. The maximum Gasteiger partial charge on any atom is 0.309 e. The minimum atomic E-state index is -0.336. The molecular weight excluding hydrogens is 132 g/mol. The van der Waals surface area contributed by atoms with Crippen molar-refractivity contribution in [3.05, 3.63) is 12.2 Å². The van der Waals surface area contributed by atoms with Crippen molar-refractivity contribution in [1.82, 2.24) is 0 Å². The van der Waals surface area contributed by atoms with Crippen molar-refractivity contribution in [2.24, 2.45) is 0 Å². The van der Waals surface area contributed by atoms with Crippen LogP contribution in [0.25, 0.3) is 0 Å². The Hall–Kier alpha value is -1.12. The van der Waals surface area contributed by atoms with Gasteiger partial charge >= 0.3 is 5.97 Å². The van der Waals surface area contributed by atoms with Crippen LogP contribution in [0.1, 0.15) is 13.3 Å². The Morgan fingerprint density at radius 2 is 2.10 bits per heavy atom. The molecule has 0 aliphatic carbocycles. The zero-order valence-corrected chi connectivity index (χ0v) is 6.09. The quantitative estimate of drug-likeness (QED) is 0.430. The second-order valence-electron chi connectivity index (χ2n) is 1.79. The zero-order chi connectivity index (χ0) is 7.98. The first-order chi connectivity index (χ1) is 4.66. The fraction of sp³-hybridized carbons (Fsp3) is 0.429. The number of hydrogen-bond donors (Lipinski definition) is 0. The highest BCUT2D eigenvalue weighted by molar-refractivity contribution is 5.87. The first-order valence-electron chi connectivity index (χ1n) is 2.90. The molecule has 0 fully saturated rings. The number of carbonyl (C=O) groups is 2. The van der Waals surface area contributed by atoms with Gasteiger partial charge in [-0.25, -0.2) is 0 Å². The molecule has 0 aliphatic heterocycles. The van der Waals surface area contributed by atoms with Gasteiger partial charge < -0.3 is 4.74 Å². The van der Waals surface area contributed by atoms with Gasteiger partial charge in [-0.05, 0) is 13.0 Å². The van der Waals surface area contributed by atoms with E-state index in [1.807, 2.05) is 0 Å². The lowest BCUT2D eigenvalue weighted by Crippen LogP contribution is -1.97. The van der Waals surface area contributed by atoms with Crippen LogP contribution in [0.4, 0.5) is 0 Å². The summed E-state index contributed by atoms with van der Waals surface area (Å²) in [5.41, 5.74) is 0. The summed E-state index contributed by atoms with van der Waals surface area (Å²) in [5, 5.41) is 0. The van der Waals surface area contributed by atoms with Gasteiger partial charge in [0.25, 0.3) is 0 Å². The lowest BCUT2D eigenvalue weighted by atomic mass is 10.3. The lowest BCUT2D eigenvalue weighted by Gasteiger charge is -1.90. The summed E-state index contributed by atoms with van der Waals surface area (Å²) in [5.74, 6) is -0.401. The molecule has 56 valence electrons. The molecule has 0 aromatic rings. The van der Waals surface area contributed by atoms with E-state index >= 15 is 0 Å². The maximum absolute atomic E-state index is 10.4. The third-order valence-electron chi connectivity index (χ3n) is 0.865. The molecule has 0 N–H and O–H groups in total. The Morgan fingerprint density at radius 1 is 1.50 bits per heavy atom. The molecule has 0 bridgehead atoms. The standard InChI is InChI=1S/C7H10O3/c1-6(8)4-3-5-7(9)10-2/h3-4H,5H2,1-2H3/b4-3+. The van der Waals surface area contributed by atoms with Gasteiger partial charge in [-0.15, -0.1) is 0 Å². The molecule has 0 saturated heterocycles. The molecule has 3 heteroatoms. The predicted molar refractivity (Wildman–Crippen MR) is 36.5 cm³/mol. The van der Waals surface area contributed by atoms with Crippen LogP contribution in [-0.2, 0) is 14.3 Å². The van der Waals surface area contributed by atoms with Crippen LogP contribution in [0.3, 0.4) is 0 Å². The van der Waals surface area contributed by atoms with Crippen LogP contribution < -0.4 is 0 Å². The van der Waals surface area contributed by atoms with E-state index in [0.29, 0.717) is 0 Å². The van der Waals surface area contributed by atoms with E-state index < -0.39 is 0 Å². The zero-order valence-electron chi connectivity index (χ0n) is 6.09. The smallest absolute Gasteiger partial charge is 0.309 e. The maximum atomic E-state index is 10.4. The summed E-state index contributed by atoms with van der Waals surface area (Å²) < 4.78 is 4.33. The highest BCUT2D eigenvalue weighted by Crippen LogP contribution is 1.86. The summed E-state index contributed by atoms with van der Waals surface area (Å²) >= 11 is 0. The highest BCUT2D eigenvalue weighted by Gasteiger charge is 1.93. The first-order valence-corrected chi connectivity index (χ1v) is 2.90. The van der Waals surface area contributed by atoms with Crippen molar-refractivity contribution in [3.8, 4) is 0 Å². The fourth-order valence-electron chi connectivity index (χ4n) is 0.404. The number of ether oxygens (including phenoxy) is 1. The van der Waals surface area contributed by atoms with Gasteiger partial charge in [0.2, 0.25) is 0 Å². The average Bonchev–Trinajstić information content (AvgIpc) is 1.87. The first kappa shape index (κ1) is 8.88.